The van der Waals surface area contributed by atoms with E-state index in [1.165, 1.54) is 0 Å². The zero-order valence-electron chi connectivity index (χ0n) is 8.49. The fourth-order valence-electron chi connectivity index (χ4n) is 1.13. The summed E-state index contributed by atoms with van der Waals surface area (Å²) in [5.74, 6) is 1.35. The minimum absolute atomic E-state index is 0.209. The number of hydrogen-bond donors (Lipinski definition) is 1. The van der Waals surface area contributed by atoms with E-state index in [1.807, 2.05) is 0 Å². The monoisotopic (exact) mass is 220 g/mol. The van der Waals surface area contributed by atoms with Crippen molar-refractivity contribution in [3.8, 4) is 0 Å². The van der Waals surface area contributed by atoms with Crippen molar-refractivity contribution in [2.45, 2.75) is 19.4 Å². The molecule has 0 amide bonds. The van der Waals surface area contributed by atoms with E-state index < -0.39 is 13.0 Å². The van der Waals surface area contributed by atoms with Crippen LogP contribution < -0.4 is 5.73 Å². The van der Waals surface area contributed by atoms with Crippen molar-refractivity contribution in [1.82, 2.24) is 14.8 Å². The Morgan fingerprint density at radius 1 is 1.40 bits per heavy atom. The van der Waals surface area contributed by atoms with Gasteiger partial charge in [-0.2, -0.15) is 0 Å². The third-order valence-corrected chi connectivity index (χ3v) is 1.95. The average Bonchev–Trinajstić information content (AvgIpc) is 2.54. The molecule has 7 heteroatoms. The standard InChI is InChI=1S/C8H14F2N4O/c1-14-7(12-13-8(14)4-11)2-3-15-5-6(9)10/h6H,2-5,11H2,1H3. The fourth-order valence-corrected chi connectivity index (χ4v) is 1.13. The fraction of sp³-hybridized carbons (Fsp3) is 0.750. The SMILES string of the molecule is Cn1c(CN)nnc1CCOCC(F)F. The molecule has 0 atom stereocenters. The van der Waals surface area contributed by atoms with Gasteiger partial charge in [-0.1, -0.05) is 0 Å². The van der Waals surface area contributed by atoms with Crippen LogP contribution >= 0.6 is 0 Å². The first kappa shape index (κ1) is 12.0. The first-order valence-electron chi connectivity index (χ1n) is 4.58. The van der Waals surface area contributed by atoms with Crippen molar-refractivity contribution in [3.05, 3.63) is 11.6 Å². The molecule has 1 aromatic rings. The smallest absolute Gasteiger partial charge is 0.261 e. The number of aromatic nitrogens is 3. The zero-order chi connectivity index (χ0) is 11.3. The molecular weight excluding hydrogens is 206 g/mol. The number of nitrogens with two attached hydrogens (primary N) is 1. The maximum atomic E-state index is 11.7. The van der Waals surface area contributed by atoms with E-state index in [-0.39, 0.29) is 6.61 Å². The van der Waals surface area contributed by atoms with E-state index in [0.717, 1.165) is 0 Å². The number of ether oxygens (including phenoxy) is 1. The Morgan fingerprint density at radius 3 is 2.60 bits per heavy atom. The molecule has 0 spiro atoms. The van der Waals surface area contributed by atoms with Gasteiger partial charge < -0.3 is 15.0 Å². The lowest BCUT2D eigenvalue weighted by molar-refractivity contribution is 0.0181. The van der Waals surface area contributed by atoms with Gasteiger partial charge in [0.15, 0.2) is 0 Å². The second kappa shape index (κ2) is 5.72. The van der Waals surface area contributed by atoms with Gasteiger partial charge in [0.05, 0.1) is 13.2 Å². The molecule has 0 aliphatic carbocycles. The van der Waals surface area contributed by atoms with Crippen LogP contribution in [0.25, 0.3) is 0 Å². The summed E-state index contributed by atoms with van der Waals surface area (Å²) in [6.45, 7) is -0.0239. The van der Waals surface area contributed by atoms with E-state index in [2.05, 4.69) is 10.2 Å². The summed E-state index contributed by atoms with van der Waals surface area (Å²) in [6, 6.07) is 0. The van der Waals surface area contributed by atoms with Crippen molar-refractivity contribution in [3.63, 3.8) is 0 Å². The van der Waals surface area contributed by atoms with Gasteiger partial charge >= 0.3 is 0 Å². The van der Waals surface area contributed by atoms with Crippen molar-refractivity contribution in [1.29, 1.82) is 0 Å². The van der Waals surface area contributed by atoms with E-state index >= 15 is 0 Å². The van der Waals surface area contributed by atoms with E-state index in [1.54, 1.807) is 11.6 Å². The van der Waals surface area contributed by atoms with Crippen LogP contribution in [-0.2, 0) is 24.8 Å². The van der Waals surface area contributed by atoms with Crippen LogP contribution in [0, 0.1) is 0 Å². The highest BCUT2D eigenvalue weighted by molar-refractivity contribution is 4.94. The van der Waals surface area contributed by atoms with E-state index in [9.17, 15) is 8.78 Å². The maximum absolute atomic E-state index is 11.7. The predicted molar refractivity (Wildman–Crippen MR) is 49.4 cm³/mol. The first-order chi connectivity index (χ1) is 7.15. The molecule has 2 N–H and O–H groups in total. The molecule has 0 fully saturated rings. The highest BCUT2D eigenvalue weighted by Crippen LogP contribution is 2.00. The van der Waals surface area contributed by atoms with Gasteiger partial charge in [-0.3, -0.25) is 0 Å². The van der Waals surface area contributed by atoms with Gasteiger partial charge in [-0.05, 0) is 0 Å². The molecule has 1 rings (SSSR count). The van der Waals surface area contributed by atoms with Crippen molar-refractivity contribution in [2.75, 3.05) is 13.2 Å². The third-order valence-electron chi connectivity index (χ3n) is 1.95. The zero-order valence-corrected chi connectivity index (χ0v) is 8.49. The van der Waals surface area contributed by atoms with Crippen LogP contribution in [0.1, 0.15) is 11.6 Å². The number of rotatable bonds is 6. The van der Waals surface area contributed by atoms with Crippen LogP contribution in [0.15, 0.2) is 0 Å². The van der Waals surface area contributed by atoms with Gasteiger partial charge in [-0.25, -0.2) is 8.78 Å². The lowest BCUT2D eigenvalue weighted by Gasteiger charge is -2.03. The summed E-state index contributed by atoms with van der Waals surface area (Å²) in [6.07, 6.45) is -1.97. The molecule has 0 bridgehead atoms. The van der Waals surface area contributed by atoms with E-state index in [0.29, 0.717) is 24.6 Å². The van der Waals surface area contributed by atoms with Gasteiger partial charge in [0.2, 0.25) is 0 Å². The molecule has 0 unspecified atom stereocenters. The quantitative estimate of drug-likeness (QED) is 0.690. The molecule has 0 saturated heterocycles. The third kappa shape index (κ3) is 3.52. The largest absolute Gasteiger partial charge is 0.375 e. The number of hydrogen-bond acceptors (Lipinski definition) is 4. The highest BCUT2D eigenvalue weighted by atomic mass is 19.3. The minimum atomic E-state index is -2.43. The molecule has 1 aromatic heterocycles. The molecule has 0 aromatic carbocycles. The van der Waals surface area contributed by atoms with Crippen molar-refractivity contribution < 1.29 is 13.5 Å². The summed E-state index contributed by atoms with van der Waals surface area (Å²) in [5, 5.41) is 7.70. The van der Waals surface area contributed by atoms with Crippen LogP contribution in [-0.4, -0.2) is 34.4 Å². The molecule has 0 saturated carbocycles. The Hall–Kier alpha value is -1.08. The number of alkyl halides is 2. The Labute approximate surface area is 86.2 Å². The Balaban J connectivity index is 2.34. The Bertz CT molecular complexity index is 303. The second-order valence-corrected chi connectivity index (χ2v) is 3.01. The van der Waals surface area contributed by atoms with Gasteiger partial charge in [0.25, 0.3) is 6.43 Å². The maximum Gasteiger partial charge on any atom is 0.261 e. The summed E-state index contributed by atoms with van der Waals surface area (Å²) >= 11 is 0. The minimum Gasteiger partial charge on any atom is -0.375 e. The van der Waals surface area contributed by atoms with Gasteiger partial charge in [0.1, 0.15) is 18.3 Å². The normalized spacial score (nSPS) is 11.3. The molecule has 0 aliphatic heterocycles. The lowest BCUT2D eigenvalue weighted by Crippen LogP contribution is -2.11. The number of nitrogens with zero attached hydrogens (tertiary/aromatic N) is 3. The molecule has 15 heavy (non-hydrogen) atoms. The first-order valence-corrected chi connectivity index (χ1v) is 4.58. The highest BCUT2D eigenvalue weighted by Gasteiger charge is 2.07. The average molecular weight is 220 g/mol. The van der Waals surface area contributed by atoms with Crippen molar-refractivity contribution in [2.24, 2.45) is 12.8 Å². The summed E-state index contributed by atoms with van der Waals surface area (Å²) in [7, 11) is 1.78. The molecule has 0 radical (unpaired) electrons. The molecule has 0 aliphatic rings. The summed E-state index contributed by atoms with van der Waals surface area (Å²) in [4.78, 5) is 0. The second-order valence-electron chi connectivity index (χ2n) is 3.01. The van der Waals surface area contributed by atoms with Crippen LogP contribution in [0.2, 0.25) is 0 Å². The van der Waals surface area contributed by atoms with Crippen molar-refractivity contribution >= 4 is 0 Å². The molecule has 5 nitrogen and oxygen atoms in total. The Morgan fingerprint density at radius 2 is 2.07 bits per heavy atom. The summed E-state index contributed by atoms with van der Waals surface area (Å²) in [5.41, 5.74) is 5.40. The topological polar surface area (TPSA) is 66.0 Å². The van der Waals surface area contributed by atoms with Crippen LogP contribution in [0.4, 0.5) is 8.78 Å². The number of halogens is 2. The Kier molecular flexibility index (Phi) is 4.57. The summed E-state index contributed by atoms with van der Waals surface area (Å²) < 4.78 is 29.9. The van der Waals surface area contributed by atoms with Gasteiger partial charge in [0, 0.05) is 13.5 Å². The van der Waals surface area contributed by atoms with E-state index in [4.69, 9.17) is 10.5 Å². The predicted octanol–water partition coefficient (Wildman–Crippen LogP) is 0.0980. The molecule has 86 valence electrons. The van der Waals surface area contributed by atoms with Gasteiger partial charge in [-0.15, -0.1) is 10.2 Å². The molecule has 1 heterocycles. The van der Waals surface area contributed by atoms with Crippen LogP contribution in [0.3, 0.4) is 0 Å². The molecular formula is C8H14F2N4O. The lowest BCUT2D eigenvalue weighted by atomic mass is 10.4. The van der Waals surface area contributed by atoms with Crippen LogP contribution in [0.5, 0.6) is 0 Å².